The molecular formula is C11H22N4O2. The van der Waals surface area contributed by atoms with Gasteiger partial charge in [0.25, 0.3) is 0 Å². The summed E-state index contributed by atoms with van der Waals surface area (Å²) in [6.45, 7) is 5.32. The van der Waals surface area contributed by atoms with Crippen molar-refractivity contribution < 1.29 is 9.84 Å². The molecule has 98 valence electrons. The summed E-state index contributed by atoms with van der Waals surface area (Å²) in [5.41, 5.74) is 5.14. The molecule has 0 fully saturated rings. The molecular weight excluding hydrogens is 220 g/mol. The molecule has 1 aromatic rings. The Bertz CT molecular complexity index is 338. The van der Waals surface area contributed by atoms with E-state index in [-0.39, 0.29) is 0 Å². The molecule has 6 heteroatoms. The maximum Gasteiger partial charge on any atom is 0.145 e. The summed E-state index contributed by atoms with van der Waals surface area (Å²) in [6, 6.07) is 1.74. The van der Waals surface area contributed by atoms with Gasteiger partial charge in [0, 0.05) is 12.7 Å². The highest BCUT2D eigenvalue weighted by atomic mass is 16.5. The molecule has 0 saturated carbocycles. The van der Waals surface area contributed by atoms with Crippen LogP contribution in [0.3, 0.4) is 0 Å². The Labute approximate surface area is 102 Å². The third-order valence-electron chi connectivity index (χ3n) is 2.31. The van der Waals surface area contributed by atoms with Gasteiger partial charge >= 0.3 is 0 Å². The fraction of sp³-hybridized carbons (Fsp3) is 0.727. The normalized spacial score (nSPS) is 13.9. The number of nitrogen functional groups attached to an aromatic ring is 1. The van der Waals surface area contributed by atoms with E-state index in [1.165, 1.54) is 0 Å². The molecule has 4 N–H and O–H groups in total. The number of likely N-dealkylation sites (N-methyl/N-ethyl adjacent to an activating group) is 1. The second kappa shape index (κ2) is 6.00. The molecule has 0 aliphatic rings. The van der Waals surface area contributed by atoms with Gasteiger partial charge in [-0.3, -0.25) is 4.68 Å². The summed E-state index contributed by atoms with van der Waals surface area (Å²) in [7, 11) is 1.79. The molecule has 1 atom stereocenters. The lowest BCUT2D eigenvalue weighted by atomic mass is 10.1. The molecule has 1 rings (SSSR count). The number of ether oxygens (including phenoxy) is 1. The van der Waals surface area contributed by atoms with Gasteiger partial charge in [-0.1, -0.05) is 0 Å². The van der Waals surface area contributed by atoms with E-state index in [1.54, 1.807) is 17.8 Å². The number of rotatable bonds is 7. The average molecular weight is 242 g/mol. The number of nitrogens with one attached hydrogen (secondary N) is 1. The van der Waals surface area contributed by atoms with Crippen molar-refractivity contribution in [1.29, 1.82) is 0 Å². The molecule has 0 aliphatic carbocycles. The first-order chi connectivity index (χ1) is 7.93. The standard InChI is InChI=1S/C11H22N4O2/c1-11(2,17-7-9(16)6-13-3)8-15-5-4-10(12)14-15/h4-5,9,13,16H,6-8H2,1-3H3,(H2,12,14)/t9-/m0/s1. The van der Waals surface area contributed by atoms with E-state index in [4.69, 9.17) is 10.5 Å². The van der Waals surface area contributed by atoms with E-state index in [2.05, 4.69) is 10.4 Å². The van der Waals surface area contributed by atoms with Crippen LogP contribution in [0.4, 0.5) is 5.82 Å². The number of nitrogens with two attached hydrogens (primary N) is 1. The van der Waals surface area contributed by atoms with E-state index in [0.717, 1.165) is 0 Å². The Morgan fingerprint density at radius 3 is 2.88 bits per heavy atom. The van der Waals surface area contributed by atoms with Crippen LogP contribution < -0.4 is 11.1 Å². The van der Waals surface area contributed by atoms with Crippen molar-refractivity contribution in [3.05, 3.63) is 12.3 Å². The molecule has 0 aliphatic heterocycles. The zero-order chi connectivity index (χ0) is 12.9. The van der Waals surface area contributed by atoms with Crippen LogP contribution in [0, 0.1) is 0 Å². The van der Waals surface area contributed by atoms with Gasteiger partial charge in [0.05, 0.1) is 24.9 Å². The molecule has 0 unspecified atom stereocenters. The van der Waals surface area contributed by atoms with E-state index < -0.39 is 11.7 Å². The van der Waals surface area contributed by atoms with Crippen LogP contribution in [-0.4, -0.2) is 46.8 Å². The first kappa shape index (κ1) is 14.0. The zero-order valence-corrected chi connectivity index (χ0v) is 10.7. The number of nitrogens with zero attached hydrogens (tertiary/aromatic N) is 2. The van der Waals surface area contributed by atoms with Crippen molar-refractivity contribution in [3.63, 3.8) is 0 Å². The van der Waals surface area contributed by atoms with E-state index >= 15 is 0 Å². The number of aromatic nitrogens is 2. The first-order valence-electron chi connectivity index (χ1n) is 5.68. The summed E-state index contributed by atoms with van der Waals surface area (Å²) in [5, 5.41) is 16.5. The van der Waals surface area contributed by atoms with Gasteiger partial charge in [0.2, 0.25) is 0 Å². The monoisotopic (exact) mass is 242 g/mol. The zero-order valence-electron chi connectivity index (χ0n) is 10.7. The molecule has 17 heavy (non-hydrogen) atoms. The maximum absolute atomic E-state index is 9.55. The third kappa shape index (κ3) is 5.16. The van der Waals surface area contributed by atoms with Gasteiger partial charge in [0.15, 0.2) is 0 Å². The van der Waals surface area contributed by atoms with Crippen LogP contribution in [0.5, 0.6) is 0 Å². The second-order valence-electron chi connectivity index (χ2n) is 4.72. The van der Waals surface area contributed by atoms with Crippen molar-refractivity contribution in [1.82, 2.24) is 15.1 Å². The first-order valence-corrected chi connectivity index (χ1v) is 5.68. The highest BCUT2D eigenvalue weighted by molar-refractivity contribution is 5.23. The van der Waals surface area contributed by atoms with Crippen molar-refractivity contribution in [3.8, 4) is 0 Å². The quantitative estimate of drug-likeness (QED) is 0.618. The molecule has 6 nitrogen and oxygen atoms in total. The van der Waals surface area contributed by atoms with Gasteiger partial charge in [-0.05, 0) is 27.0 Å². The number of aliphatic hydroxyl groups is 1. The molecule has 1 heterocycles. The summed E-state index contributed by atoms with van der Waals surface area (Å²) in [5.74, 6) is 0.496. The van der Waals surface area contributed by atoms with Crippen molar-refractivity contribution in [2.24, 2.45) is 0 Å². The molecule has 0 radical (unpaired) electrons. The van der Waals surface area contributed by atoms with Gasteiger partial charge in [-0.15, -0.1) is 0 Å². The van der Waals surface area contributed by atoms with Crippen LogP contribution >= 0.6 is 0 Å². The maximum atomic E-state index is 9.55. The van der Waals surface area contributed by atoms with Crippen LogP contribution in [0.15, 0.2) is 12.3 Å². The van der Waals surface area contributed by atoms with Gasteiger partial charge in [-0.25, -0.2) is 0 Å². The van der Waals surface area contributed by atoms with Crippen LogP contribution in [0.25, 0.3) is 0 Å². The lowest BCUT2D eigenvalue weighted by molar-refractivity contribution is -0.0680. The van der Waals surface area contributed by atoms with Crippen LogP contribution in [-0.2, 0) is 11.3 Å². The highest BCUT2D eigenvalue weighted by Gasteiger charge is 2.21. The Morgan fingerprint density at radius 1 is 1.65 bits per heavy atom. The van der Waals surface area contributed by atoms with Crippen LogP contribution in [0.1, 0.15) is 13.8 Å². The predicted molar refractivity (Wildman–Crippen MR) is 66.6 cm³/mol. The minimum atomic E-state index is -0.498. The molecule has 0 bridgehead atoms. The van der Waals surface area contributed by atoms with E-state index in [0.29, 0.717) is 25.5 Å². The average Bonchev–Trinajstić information content (AvgIpc) is 2.61. The van der Waals surface area contributed by atoms with E-state index in [9.17, 15) is 5.11 Å². The summed E-state index contributed by atoms with van der Waals surface area (Å²) >= 11 is 0. The smallest absolute Gasteiger partial charge is 0.145 e. The topological polar surface area (TPSA) is 85.3 Å². The largest absolute Gasteiger partial charge is 0.389 e. The highest BCUT2D eigenvalue weighted by Crippen LogP contribution is 2.13. The molecule has 0 saturated heterocycles. The molecule has 1 aromatic heterocycles. The number of hydrogen-bond donors (Lipinski definition) is 3. The van der Waals surface area contributed by atoms with Crippen LogP contribution in [0.2, 0.25) is 0 Å². The number of anilines is 1. The second-order valence-corrected chi connectivity index (χ2v) is 4.72. The summed E-state index contributed by atoms with van der Waals surface area (Å²) in [6.07, 6.45) is 1.31. The lowest BCUT2D eigenvalue weighted by Gasteiger charge is -2.26. The Balaban J connectivity index is 2.40. The fourth-order valence-corrected chi connectivity index (χ4v) is 1.52. The van der Waals surface area contributed by atoms with Gasteiger partial charge in [-0.2, -0.15) is 5.10 Å². The summed E-state index contributed by atoms with van der Waals surface area (Å²) < 4.78 is 7.40. The Morgan fingerprint density at radius 2 is 2.35 bits per heavy atom. The lowest BCUT2D eigenvalue weighted by Crippen LogP contribution is -2.36. The van der Waals surface area contributed by atoms with Crippen molar-refractivity contribution >= 4 is 5.82 Å². The molecule has 0 amide bonds. The minimum Gasteiger partial charge on any atom is -0.389 e. The summed E-state index contributed by atoms with van der Waals surface area (Å²) in [4.78, 5) is 0. The van der Waals surface area contributed by atoms with Crippen molar-refractivity contribution in [2.75, 3.05) is 25.9 Å². The SMILES string of the molecule is CNC[C@H](O)COC(C)(C)Cn1ccc(N)n1. The van der Waals surface area contributed by atoms with Gasteiger partial charge in [0.1, 0.15) is 5.82 Å². The fourth-order valence-electron chi connectivity index (χ4n) is 1.52. The number of hydrogen-bond acceptors (Lipinski definition) is 5. The molecule has 0 aromatic carbocycles. The third-order valence-corrected chi connectivity index (χ3v) is 2.31. The van der Waals surface area contributed by atoms with Gasteiger partial charge < -0.3 is 20.9 Å². The molecule has 0 spiro atoms. The van der Waals surface area contributed by atoms with Crippen molar-refractivity contribution in [2.45, 2.75) is 32.1 Å². The Kier molecular flexibility index (Phi) is 4.92. The Hall–Kier alpha value is -1.11. The van der Waals surface area contributed by atoms with E-state index in [1.807, 2.05) is 20.0 Å². The predicted octanol–water partition coefficient (Wildman–Crippen LogP) is -0.159. The number of aliphatic hydroxyl groups excluding tert-OH is 1. The minimum absolute atomic E-state index is 0.296.